The average molecular weight is 527 g/mol. The minimum atomic E-state index is -0.935. The van der Waals surface area contributed by atoms with Crippen LogP contribution in [0.15, 0.2) is 36.5 Å². The van der Waals surface area contributed by atoms with Gasteiger partial charge in [0.25, 0.3) is 0 Å². The molecule has 0 amide bonds. The molecule has 0 saturated carbocycles. The van der Waals surface area contributed by atoms with Crippen LogP contribution in [0.5, 0.6) is 0 Å². The molecule has 0 aromatic heterocycles. The molecule has 0 aliphatic heterocycles. The zero-order chi connectivity index (χ0) is 30.1. The van der Waals surface area contributed by atoms with Gasteiger partial charge in [-0.15, -0.1) is 0 Å². The van der Waals surface area contributed by atoms with E-state index in [9.17, 15) is 14.4 Å². The predicted molar refractivity (Wildman–Crippen MR) is 135 cm³/mol. The second-order valence-electron chi connectivity index (χ2n) is 7.91. The monoisotopic (exact) mass is 526 g/mol. The van der Waals surface area contributed by atoms with E-state index in [-0.39, 0.29) is 56.4 Å². The van der Waals surface area contributed by atoms with Gasteiger partial charge < -0.3 is 46.0 Å². The van der Waals surface area contributed by atoms with E-state index in [4.69, 9.17) is 46.0 Å². The van der Waals surface area contributed by atoms with Gasteiger partial charge >= 0.3 is 17.9 Å². The number of hydrogen-bond acceptors (Lipinski definition) is 9. The second-order valence-corrected chi connectivity index (χ2v) is 7.91. The molecule has 0 atom stereocenters. The highest BCUT2D eigenvalue weighted by atomic mass is 16.4. The first kappa shape index (κ1) is 43.5. The lowest BCUT2D eigenvalue weighted by Crippen LogP contribution is -2.32. The lowest BCUT2D eigenvalue weighted by molar-refractivity contribution is -0.133. The Morgan fingerprint density at radius 1 is 0.500 bits per heavy atom. The van der Waals surface area contributed by atoms with Crippen LogP contribution >= 0.6 is 0 Å². The highest BCUT2D eigenvalue weighted by molar-refractivity contribution is 5.85. The lowest BCUT2D eigenvalue weighted by Gasteiger charge is -2.24. The predicted octanol–water partition coefficient (Wildman–Crippen LogP) is 0.661. The Hall–Kier alpha value is -2.61. The molecule has 0 heterocycles. The third-order valence-electron chi connectivity index (χ3n) is 4.61. The summed E-state index contributed by atoms with van der Waals surface area (Å²) in [7, 11) is 0. The summed E-state index contributed by atoms with van der Waals surface area (Å²) in [6, 6.07) is 0. The first-order chi connectivity index (χ1) is 16.4. The third-order valence-corrected chi connectivity index (χ3v) is 4.61. The van der Waals surface area contributed by atoms with Crippen molar-refractivity contribution in [1.82, 2.24) is 0 Å². The van der Waals surface area contributed by atoms with Gasteiger partial charge in [0.15, 0.2) is 0 Å². The van der Waals surface area contributed by atoms with E-state index in [1.165, 1.54) is 20.8 Å². The Bertz CT molecular complexity index is 499. The van der Waals surface area contributed by atoms with Crippen LogP contribution in [0.4, 0.5) is 0 Å². The molecular weight excluding hydrogens is 480 g/mol. The molecule has 0 fully saturated rings. The molecule has 12 heteroatoms. The van der Waals surface area contributed by atoms with E-state index < -0.39 is 28.7 Å². The zero-order valence-electron chi connectivity index (χ0n) is 22.0. The number of carbonyl (C=O) groups is 3. The summed E-state index contributed by atoms with van der Waals surface area (Å²) in [5.41, 5.74) is -0.806. The maximum atomic E-state index is 9.60. The van der Waals surface area contributed by atoms with Crippen molar-refractivity contribution in [3.63, 3.8) is 0 Å². The largest absolute Gasteiger partial charge is 0.478 e. The van der Waals surface area contributed by atoms with E-state index in [1.54, 1.807) is 0 Å². The van der Waals surface area contributed by atoms with Crippen LogP contribution in [0.25, 0.3) is 0 Å². The minimum Gasteiger partial charge on any atom is -0.478 e. The topological polar surface area (TPSA) is 233 Å². The molecule has 9 N–H and O–H groups in total. The van der Waals surface area contributed by atoms with Crippen molar-refractivity contribution in [1.29, 1.82) is 0 Å². The fourth-order valence-corrected chi connectivity index (χ4v) is 0.971. The molecule has 12 nitrogen and oxygen atoms in total. The Morgan fingerprint density at radius 3 is 0.611 bits per heavy atom. The van der Waals surface area contributed by atoms with E-state index in [1.807, 2.05) is 13.8 Å². The number of aliphatic hydroxyl groups is 6. The molecule has 0 aliphatic carbocycles. The van der Waals surface area contributed by atoms with Crippen molar-refractivity contribution in [3.8, 4) is 0 Å². The van der Waals surface area contributed by atoms with Gasteiger partial charge in [-0.05, 0) is 33.6 Å². The van der Waals surface area contributed by atoms with Gasteiger partial charge in [-0.2, -0.15) is 0 Å². The average Bonchev–Trinajstić information content (AvgIpc) is 2.84. The van der Waals surface area contributed by atoms with Crippen LogP contribution in [0, 0.1) is 10.8 Å². The maximum Gasteiger partial charge on any atom is 0.330 e. The fourth-order valence-electron chi connectivity index (χ4n) is 0.971. The fraction of sp³-hybridized carbons (Fsp3) is 0.625. The lowest BCUT2D eigenvalue weighted by atomic mass is 9.88. The molecule has 0 aromatic carbocycles. The van der Waals surface area contributed by atoms with Crippen molar-refractivity contribution in [2.24, 2.45) is 10.8 Å². The van der Waals surface area contributed by atoms with Gasteiger partial charge in [-0.1, -0.05) is 33.6 Å². The highest BCUT2D eigenvalue weighted by Gasteiger charge is 2.25. The van der Waals surface area contributed by atoms with Crippen molar-refractivity contribution in [2.75, 3.05) is 39.6 Å². The Morgan fingerprint density at radius 2 is 0.611 bits per heavy atom. The van der Waals surface area contributed by atoms with E-state index in [0.717, 1.165) is 0 Å². The number of carboxylic acids is 3. The number of hydrogen-bond donors (Lipinski definition) is 9. The first-order valence-corrected chi connectivity index (χ1v) is 10.7. The Labute approximate surface area is 213 Å². The highest BCUT2D eigenvalue weighted by Crippen LogP contribution is 2.18. The van der Waals surface area contributed by atoms with E-state index in [2.05, 4.69) is 19.7 Å². The smallest absolute Gasteiger partial charge is 0.330 e. The number of aliphatic hydroxyl groups excluding tert-OH is 6. The van der Waals surface area contributed by atoms with Gasteiger partial charge in [0.1, 0.15) is 0 Å². The standard InChI is InChI=1S/2C6H14O3.3C4H6O2/c2*1-2-6(3-7,4-8)5-9;3*1-3(2)4(5)6/h2*7-9H,2-5H2,1H3;3*1H2,2H3,(H,5,6). The van der Waals surface area contributed by atoms with Crippen molar-refractivity contribution in [3.05, 3.63) is 36.5 Å². The normalized spacial score (nSPS) is 9.75. The Balaban J connectivity index is -0.000000113. The number of rotatable bonds is 11. The summed E-state index contributed by atoms with van der Waals surface area (Å²) in [5, 5.41) is 75.6. The van der Waals surface area contributed by atoms with Crippen LogP contribution in [0.2, 0.25) is 0 Å². The number of aliphatic carboxylic acids is 3. The quantitative estimate of drug-likeness (QED) is 0.169. The summed E-state index contributed by atoms with van der Waals surface area (Å²) in [6.07, 6.45) is 1.19. The summed E-state index contributed by atoms with van der Waals surface area (Å²) in [4.78, 5) is 28.8. The van der Waals surface area contributed by atoms with Gasteiger partial charge in [0, 0.05) is 27.5 Å². The van der Waals surface area contributed by atoms with Crippen LogP contribution in [-0.4, -0.2) is 104 Å². The van der Waals surface area contributed by atoms with Gasteiger partial charge in [0.05, 0.1) is 39.6 Å². The van der Waals surface area contributed by atoms with Crippen LogP contribution in [-0.2, 0) is 14.4 Å². The van der Waals surface area contributed by atoms with Gasteiger partial charge in [-0.25, -0.2) is 14.4 Å². The second kappa shape index (κ2) is 25.5. The molecule has 0 spiro atoms. The zero-order valence-corrected chi connectivity index (χ0v) is 22.0. The molecule has 0 saturated heterocycles. The van der Waals surface area contributed by atoms with E-state index >= 15 is 0 Å². The first-order valence-electron chi connectivity index (χ1n) is 10.7. The summed E-state index contributed by atoms with van der Waals surface area (Å²) in [5.74, 6) is -2.81. The third kappa shape index (κ3) is 26.0. The van der Waals surface area contributed by atoms with Crippen LogP contribution in [0.1, 0.15) is 47.5 Å². The van der Waals surface area contributed by atoms with Crippen LogP contribution in [0.3, 0.4) is 0 Å². The SMILES string of the molecule is C=C(C)C(=O)O.C=C(C)C(=O)O.C=C(C)C(=O)O.CCC(CO)(CO)CO.CCC(CO)(CO)CO. The van der Waals surface area contributed by atoms with Crippen LogP contribution < -0.4 is 0 Å². The molecule has 0 unspecified atom stereocenters. The molecule has 214 valence electrons. The molecule has 0 bridgehead atoms. The van der Waals surface area contributed by atoms with Gasteiger partial charge in [-0.3, -0.25) is 0 Å². The minimum absolute atomic E-state index is 0.156. The van der Waals surface area contributed by atoms with E-state index in [0.29, 0.717) is 12.8 Å². The van der Waals surface area contributed by atoms with Gasteiger partial charge in [0.2, 0.25) is 0 Å². The molecule has 0 rings (SSSR count). The summed E-state index contributed by atoms with van der Waals surface area (Å²) >= 11 is 0. The van der Waals surface area contributed by atoms with Crippen molar-refractivity contribution in [2.45, 2.75) is 47.5 Å². The van der Waals surface area contributed by atoms with Crippen molar-refractivity contribution < 1.29 is 60.3 Å². The summed E-state index contributed by atoms with van der Waals surface area (Å²) in [6.45, 7) is 16.5. The molecule has 0 radical (unpaired) electrons. The van der Waals surface area contributed by atoms with Crippen molar-refractivity contribution >= 4 is 17.9 Å². The number of carboxylic acid groups (broad SMARTS) is 3. The molecule has 0 aromatic rings. The summed E-state index contributed by atoms with van der Waals surface area (Å²) < 4.78 is 0. The Kier molecular flexibility index (Phi) is 30.8. The maximum absolute atomic E-state index is 9.60. The molecule has 36 heavy (non-hydrogen) atoms. The molecule has 0 aliphatic rings. The molecular formula is C24H46O12.